The molecule has 0 fully saturated rings. The molecule has 0 bridgehead atoms. The molecular formula is C14H16ClNO. The predicted molar refractivity (Wildman–Crippen MR) is 70.5 cm³/mol. The second-order valence-electron chi connectivity index (χ2n) is 4.59. The summed E-state index contributed by atoms with van der Waals surface area (Å²) < 4.78 is 5.31. The molecule has 2 aromatic rings. The molecule has 0 aliphatic heterocycles. The Morgan fingerprint density at radius 3 is 2.53 bits per heavy atom. The lowest BCUT2D eigenvalue weighted by molar-refractivity contribution is 0.397. The fourth-order valence-electron chi connectivity index (χ4n) is 2.17. The topological polar surface area (TPSA) is 26.0 Å². The smallest absolute Gasteiger partial charge is 0.137 e. The summed E-state index contributed by atoms with van der Waals surface area (Å²) in [5, 5.41) is 4.89. The van der Waals surface area contributed by atoms with Gasteiger partial charge in [0.05, 0.1) is 5.02 Å². The highest BCUT2D eigenvalue weighted by atomic mass is 35.5. The van der Waals surface area contributed by atoms with Gasteiger partial charge in [-0.3, -0.25) is 0 Å². The van der Waals surface area contributed by atoms with Crippen LogP contribution in [0.25, 0.3) is 11.3 Å². The van der Waals surface area contributed by atoms with Gasteiger partial charge in [-0.25, -0.2) is 0 Å². The molecule has 17 heavy (non-hydrogen) atoms. The maximum atomic E-state index is 6.27. The van der Waals surface area contributed by atoms with E-state index in [-0.39, 0.29) is 0 Å². The summed E-state index contributed by atoms with van der Waals surface area (Å²) in [6.45, 7) is 8.25. The van der Waals surface area contributed by atoms with Crippen LogP contribution >= 0.6 is 11.6 Å². The van der Waals surface area contributed by atoms with Crippen molar-refractivity contribution in [2.24, 2.45) is 0 Å². The van der Waals surface area contributed by atoms with Gasteiger partial charge in [0.25, 0.3) is 0 Å². The largest absolute Gasteiger partial charge is 0.361 e. The van der Waals surface area contributed by atoms with E-state index in [1.165, 1.54) is 0 Å². The van der Waals surface area contributed by atoms with Crippen molar-refractivity contribution < 1.29 is 4.52 Å². The van der Waals surface area contributed by atoms with Gasteiger partial charge < -0.3 is 4.52 Å². The summed E-state index contributed by atoms with van der Waals surface area (Å²) in [7, 11) is 0. The van der Waals surface area contributed by atoms with Gasteiger partial charge >= 0.3 is 0 Å². The molecule has 0 spiro atoms. The van der Waals surface area contributed by atoms with Crippen molar-refractivity contribution in [3.8, 4) is 11.3 Å². The van der Waals surface area contributed by atoms with Crippen molar-refractivity contribution in [2.45, 2.75) is 33.6 Å². The zero-order valence-electron chi connectivity index (χ0n) is 10.5. The molecule has 90 valence electrons. The van der Waals surface area contributed by atoms with Gasteiger partial charge in [-0.05, 0) is 31.4 Å². The summed E-state index contributed by atoms with van der Waals surface area (Å²) >= 11 is 6.27. The maximum absolute atomic E-state index is 6.27. The first-order valence-electron chi connectivity index (χ1n) is 5.74. The third-order valence-corrected chi connectivity index (χ3v) is 3.26. The molecule has 1 aromatic carbocycles. The first kappa shape index (κ1) is 12.2. The van der Waals surface area contributed by atoms with Gasteiger partial charge in [-0.15, -0.1) is 0 Å². The van der Waals surface area contributed by atoms with Crippen LogP contribution in [0.4, 0.5) is 0 Å². The zero-order valence-corrected chi connectivity index (χ0v) is 11.3. The molecule has 0 amide bonds. The van der Waals surface area contributed by atoms with E-state index < -0.39 is 0 Å². The minimum absolute atomic E-state index is 0.368. The van der Waals surface area contributed by atoms with E-state index >= 15 is 0 Å². The van der Waals surface area contributed by atoms with Gasteiger partial charge in [-0.2, -0.15) is 0 Å². The van der Waals surface area contributed by atoms with Gasteiger partial charge in [-0.1, -0.05) is 42.7 Å². The molecule has 0 aliphatic rings. The molecule has 0 saturated heterocycles. The highest BCUT2D eigenvalue weighted by molar-refractivity contribution is 6.33. The Labute approximate surface area is 107 Å². The third-order valence-electron chi connectivity index (χ3n) is 2.94. The second kappa shape index (κ2) is 4.53. The number of aromatic nitrogens is 1. The fraction of sp³-hybridized carbons (Fsp3) is 0.357. The number of hydrogen-bond donors (Lipinski definition) is 0. The van der Waals surface area contributed by atoms with Crippen LogP contribution in [-0.4, -0.2) is 5.16 Å². The second-order valence-corrected chi connectivity index (χ2v) is 4.99. The van der Waals surface area contributed by atoms with Crippen molar-refractivity contribution in [1.29, 1.82) is 0 Å². The van der Waals surface area contributed by atoms with Crippen LogP contribution in [0.1, 0.15) is 36.7 Å². The van der Waals surface area contributed by atoms with E-state index in [0.717, 1.165) is 33.2 Å². The van der Waals surface area contributed by atoms with E-state index in [4.69, 9.17) is 16.1 Å². The lowest BCUT2D eigenvalue weighted by Gasteiger charge is -2.09. The maximum Gasteiger partial charge on any atom is 0.137 e. The molecule has 0 radical (unpaired) electrons. The first-order valence-corrected chi connectivity index (χ1v) is 6.11. The molecule has 1 heterocycles. The summed E-state index contributed by atoms with van der Waals surface area (Å²) in [6.07, 6.45) is 0. The molecule has 0 saturated carbocycles. The van der Waals surface area contributed by atoms with Crippen molar-refractivity contribution in [3.63, 3.8) is 0 Å². The van der Waals surface area contributed by atoms with E-state index in [2.05, 4.69) is 19.0 Å². The Kier molecular flexibility index (Phi) is 3.25. The highest BCUT2D eigenvalue weighted by Crippen LogP contribution is 2.36. The summed E-state index contributed by atoms with van der Waals surface area (Å²) in [4.78, 5) is 0. The van der Waals surface area contributed by atoms with Crippen LogP contribution in [0.3, 0.4) is 0 Å². The molecule has 1 aromatic heterocycles. The van der Waals surface area contributed by atoms with Crippen LogP contribution < -0.4 is 0 Å². The molecule has 0 N–H and O–H groups in total. The Morgan fingerprint density at radius 1 is 1.24 bits per heavy atom. The molecular weight excluding hydrogens is 234 g/mol. The molecule has 2 nitrogen and oxygen atoms in total. The van der Waals surface area contributed by atoms with Crippen molar-refractivity contribution in [3.05, 3.63) is 40.1 Å². The molecule has 0 aliphatic carbocycles. The minimum Gasteiger partial charge on any atom is -0.361 e. The monoisotopic (exact) mass is 249 g/mol. The van der Waals surface area contributed by atoms with E-state index in [1.807, 2.05) is 32.0 Å². The summed E-state index contributed by atoms with van der Waals surface area (Å²) in [6, 6.07) is 5.87. The van der Waals surface area contributed by atoms with Crippen LogP contribution in [-0.2, 0) is 0 Å². The lowest BCUT2D eigenvalue weighted by Crippen LogP contribution is -1.94. The average Bonchev–Trinajstić information content (AvgIpc) is 2.60. The van der Waals surface area contributed by atoms with Crippen molar-refractivity contribution in [2.75, 3.05) is 0 Å². The number of hydrogen-bond acceptors (Lipinski definition) is 2. The number of aryl methyl sites for hydroxylation is 2. The fourth-order valence-corrected chi connectivity index (χ4v) is 2.48. The van der Waals surface area contributed by atoms with E-state index in [9.17, 15) is 0 Å². The van der Waals surface area contributed by atoms with Gasteiger partial charge in [0.15, 0.2) is 0 Å². The standard InChI is InChI=1S/C14H16ClNO/c1-8(2)12-10(4)17-16-14(12)13-9(3)6-5-7-11(13)15/h5-8H,1-4H3. The zero-order chi connectivity index (χ0) is 12.6. The normalized spacial score (nSPS) is 11.2. The van der Waals surface area contributed by atoms with E-state index in [1.54, 1.807) is 0 Å². The van der Waals surface area contributed by atoms with Crippen LogP contribution in [0.15, 0.2) is 22.7 Å². The van der Waals surface area contributed by atoms with Gasteiger partial charge in [0.2, 0.25) is 0 Å². The Balaban J connectivity index is 2.69. The molecule has 0 atom stereocenters. The summed E-state index contributed by atoms with van der Waals surface area (Å²) in [5.74, 6) is 1.24. The van der Waals surface area contributed by atoms with Crippen LogP contribution in [0.2, 0.25) is 5.02 Å². The third kappa shape index (κ3) is 2.09. The molecule has 2 rings (SSSR count). The molecule has 0 unspecified atom stereocenters. The number of rotatable bonds is 2. The Bertz CT molecular complexity index is 523. The number of halogens is 1. The Morgan fingerprint density at radius 2 is 1.94 bits per heavy atom. The van der Waals surface area contributed by atoms with E-state index in [0.29, 0.717) is 5.92 Å². The molecule has 3 heteroatoms. The minimum atomic E-state index is 0.368. The number of nitrogens with zero attached hydrogens (tertiary/aromatic N) is 1. The Hall–Kier alpha value is -1.28. The average molecular weight is 250 g/mol. The van der Waals surface area contributed by atoms with Gasteiger partial charge in [0, 0.05) is 11.1 Å². The van der Waals surface area contributed by atoms with Crippen molar-refractivity contribution >= 4 is 11.6 Å². The first-order chi connectivity index (χ1) is 8.02. The predicted octanol–water partition coefficient (Wildman–Crippen LogP) is 4.74. The van der Waals surface area contributed by atoms with Crippen LogP contribution in [0.5, 0.6) is 0 Å². The SMILES string of the molecule is Cc1cccc(Cl)c1-c1noc(C)c1C(C)C. The van der Waals surface area contributed by atoms with Gasteiger partial charge in [0.1, 0.15) is 11.5 Å². The summed E-state index contributed by atoms with van der Waals surface area (Å²) in [5.41, 5.74) is 4.12. The quantitative estimate of drug-likeness (QED) is 0.769. The lowest BCUT2D eigenvalue weighted by atomic mass is 9.95. The number of benzene rings is 1. The highest BCUT2D eigenvalue weighted by Gasteiger charge is 2.20. The van der Waals surface area contributed by atoms with Crippen molar-refractivity contribution in [1.82, 2.24) is 5.16 Å². The van der Waals surface area contributed by atoms with Crippen LogP contribution in [0, 0.1) is 13.8 Å².